The van der Waals surface area contributed by atoms with E-state index in [1.807, 2.05) is 66.7 Å². The van der Waals surface area contributed by atoms with Crippen molar-refractivity contribution in [1.82, 2.24) is 0 Å². The normalized spacial score (nSPS) is 11.5. The summed E-state index contributed by atoms with van der Waals surface area (Å²) < 4.78 is 5.30. The van der Waals surface area contributed by atoms with E-state index in [0.29, 0.717) is 5.56 Å². The molecule has 0 saturated carbocycles. The van der Waals surface area contributed by atoms with Gasteiger partial charge in [-0.3, -0.25) is 9.59 Å². The lowest BCUT2D eigenvalue weighted by atomic mass is 10.0. The van der Waals surface area contributed by atoms with Crippen LogP contribution < -0.4 is 5.32 Å². The second-order valence-electron chi connectivity index (χ2n) is 6.30. The Balaban J connectivity index is 1.70. The van der Waals surface area contributed by atoms with Crippen molar-refractivity contribution in [2.24, 2.45) is 0 Å². The number of ether oxygens (including phenoxy) is 1. The van der Waals surface area contributed by atoms with E-state index in [0.717, 1.165) is 22.4 Å². The number of carbonyl (C=O) groups is 2. The molecule has 28 heavy (non-hydrogen) atoms. The number of benzene rings is 3. The van der Waals surface area contributed by atoms with Gasteiger partial charge in [0.05, 0.1) is 0 Å². The molecule has 1 unspecified atom stereocenters. The quantitative estimate of drug-likeness (QED) is 0.454. The van der Waals surface area contributed by atoms with Crippen LogP contribution in [0.25, 0.3) is 11.1 Å². The van der Waals surface area contributed by atoms with E-state index in [4.69, 9.17) is 16.3 Å². The molecule has 0 radical (unpaired) electrons. The van der Waals surface area contributed by atoms with Crippen LogP contribution in [0.4, 0.5) is 5.69 Å². The van der Waals surface area contributed by atoms with Crippen LogP contribution in [-0.2, 0) is 20.9 Å². The fourth-order valence-electron chi connectivity index (χ4n) is 2.80. The average Bonchev–Trinajstić information content (AvgIpc) is 2.72. The maximum absolute atomic E-state index is 12.2. The summed E-state index contributed by atoms with van der Waals surface area (Å²) in [4.78, 5) is 23.6. The second kappa shape index (κ2) is 9.20. The fraction of sp³-hybridized carbons (Fsp3) is 0.130. The Morgan fingerprint density at radius 1 is 0.929 bits per heavy atom. The monoisotopic (exact) mass is 393 g/mol. The zero-order valence-corrected chi connectivity index (χ0v) is 16.1. The molecule has 3 aromatic rings. The van der Waals surface area contributed by atoms with Gasteiger partial charge in [-0.15, -0.1) is 11.6 Å². The molecule has 1 amide bonds. The first-order valence-electron chi connectivity index (χ1n) is 8.86. The Labute approximate surface area is 169 Å². The molecule has 0 fully saturated rings. The highest BCUT2D eigenvalue weighted by molar-refractivity contribution is 6.29. The summed E-state index contributed by atoms with van der Waals surface area (Å²) >= 11 is 6.29. The van der Waals surface area contributed by atoms with Crippen molar-refractivity contribution < 1.29 is 14.3 Å². The average molecular weight is 394 g/mol. The van der Waals surface area contributed by atoms with Gasteiger partial charge < -0.3 is 10.1 Å². The van der Waals surface area contributed by atoms with Gasteiger partial charge in [0.15, 0.2) is 5.38 Å². The molecule has 1 N–H and O–H groups in total. The molecule has 0 aliphatic carbocycles. The van der Waals surface area contributed by atoms with Crippen molar-refractivity contribution in [3.63, 3.8) is 0 Å². The highest BCUT2D eigenvalue weighted by Gasteiger charge is 2.19. The van der Waals surface area contributed by atoms with Gasteiger partial charge in [-0.05, 0) is 22.8 Å². The Hall–Kier alpha value is -3.11. The number of halogens is 1. The minimum atomic E-state index is -0.886. The third kappa shape index (κ3) is 4.99. The number of esters is 1. The van der Waals surface area contributed by atoms with Crippen LogP contribution in [0.5, 0.6) is 0 Å². The number of rotatable bonds is 6. The summed E-state index contributed by atoms with van der Waals surface area (Å²) in [5.74, 6) is -0.622. The van der Waals surface area contributed by atoms with Crippen molar-refractivity contribution in [3.05, 3.63) is 90.0 Å². The van der Waals surface area contributed by atoms with Crippen LogP contribution in [0, 0.1) is 0 Å². The molecule has 5 heteroatoms. The van der Waals surface area contributed by atoms with E-state index >= 15 is 0 Å². The third-order valence-corrected chi connectivity index (χ3v) is 4.61. The summed E-state index contributed by atoms with van der Waals surface area (Å²) in [6.45, 7) is 1.66. The first-order chi connectivity index (χ1) is 13.5. The summed E-state index contributed by atoms with van der Waals surface area (Å²) in [7, 11) is 0. The van der Waals surface area contributed by atoms with Crippen LogP contribution in [0.3, 0.4) is 0 Å². The van der Waals surface area contributed by atoms with E-state index in [9.17, 15) is 9.59 Å². The molecule has 0 bridgehead atoms. The molecule has 1 atom stereocenters. The van der Waals surface area contributed by atoms with Crippen LogP contribution >= 0.6 is 11.6 Å². The molecule has 3 rings (SSSR count). The Kier molecular flexibility index (Phi) is 6.45. The number of carbonyl (C=O) groups excluding carboxylic acids is 2. The minimum absolute atomic E-state index is 0.133. The minimum Gasteiger partial charge on any atom is -0.459 e. The van der Waals surface area contributed by atoms with Crippen molar-refractivity contribution in [1.29, 1.82) is 0 Å². The van der Waals surface area contributed by atoms with E-state index < -0.39 is 11.3 Å². The molecule has 142 valence electrons. The zero-order valence-electron chi connectivity index (χ0n) is 15.4. The number of nitrogens with one attached hydrogen (secondary N) is 1. The number of para-hydroxylation sites is 1. The van der Waals surface area contributed by atoms with E-state index in [2.05, 4.69) is 5.32 Å². The van der Waals surface area contributed by atoms with Crippen LogP contribution in [0.15, 0.2) is 78.9 Å². The number of amides is 1. The Morgan fingerprint density at radius 3 is 2.25 bits per heavy atom. The first-order valence-corrected chi connectivity index (χ1v) is 9.30. The topological polar surface area (TPSA) is 55.4 Å². The lowest BCUT2D eigenvalue weighted by molar-refractivity contribution is -0.144. The molecule has 0 aromatic heterocycles. The van der Waals surface area contributed by atoms with Gasteiger partial charge in [0.25, 0.3) is 0 Å². The van der Waals surface area contributed by atoms with Crippen molar-refractivity contribution in [2.45, 2.75) is 18.9 Å². The molecular weight excluding hydrogens is 374 g/mol. The van der Waals surface area contributed by atoms with Gasteiger partial charge >= 0.3 is 5.97 Å². The predicted molar refractivity (Wildman–Crippen MR) is 111 cm³/mol. The molecule has 0 spiro atoms. The molecular formula is C23H20ClNO3. The lowest BCUT2D eigenvalue weighted by Gasteiger charge is -2.13. The highest BCUT2D eigenvalue weighted by atomic mass is 35.5. The Bertz CT molecular complexity index is 955. The highest BCUT2D eigenvalue weighted by Crippen LogP contribution is 2.30. The number of hydrogen-bond donors (Lipinski definition) is 1. The summed E-state index contributed by atoms with van der Waals surface area (Å²) in [5.41, 5.74) is 4.09. The molecule has 4 nitrogen and oxygen atoms in total. The molecule has 3 aromatic carbocycles. The standard InChI is InChI=1S/C23H20ClNO3/c1-16(26)25-21-10-6-5-9-20(21)18-11-13-19(14-12-18)22(24)23(27)28-15-17-7-3-2-4-8-17/h2-14,22H,15H2,1H3,(H,25,26). The summed E-state index contributed by atoms with van der Waals surface area (Å²) in [5, 5.41) is 1.93. The van der Waals surface area contributed by atoms with Crippen molar-refractivity contribution in [3.8, 4) is 11.1 Å². The third-order valence-electron chi connectivity index (χ3n) is 4.18. The molecule has 0 saturated heterocycles. The Morgan fingerprint density at radius 2 is 1.57 bits per heavy atom. The summed E-state index contributed by atoms with van der Waals surface area (Å²) in [6.07, 6.45) is 0. The van der Waals surface area contributed by atoms with E-state index in [1.165, 1.54) is 6.92 Å². The van der Waals surface area contributed by atoms with Crippen molar-refractivity contribution in [2.75, 3.05) is 5.32 Å². The summed E-state index contributed by atoms with van der Waals surface area (Å²) in [6, 6.07) is 24.3. The SMILES string of the molecule is CC(=O)Nc1ccccc1-c1ccc(C(Cl)C(=O)OCc2ccccc2)cc1. The number of anilines is 1. The van der Waals surface area contributed by atoms with E-state index in [-0.39, 0.29) is 12.5 Å². The number of hydrogen-bond acceptors (Lipinski definition) is 3. The van der Waals surface area contributed by atoms with Gasteiger partial charge in [0.2, 0.25) is 5.91 Å². The predicted octanol–water partition coefficient (Wildman–Crippen LogP) is 5.34. The maximum Gasteiger partial charge on any atom is 0.328 e. The smallest absolute Gasteiger partial charge is 0.328 e. The van der Waals surface area contributed by atoms with Crippen LogP contribution in [0.2, 0.25) is 0 Å². The van der Waals surface area contributed by atoms with Gasteiger partial charge in [-0.2, -0.15) is 0 Å². The molecule has 0 aliphatic rings. The first kappa shape index (κ1) is 19.6. The van der Waals surface area contributed by atoms with Crippen molar-refractivity contribution >= 4 is 29.2 Å². The van der Waals surface area contributed by atoms with Gasteiger partial charge in [0.1, 0.15) is 6.61 Å². The van der Waals surface area contributed by atoms with Gasteiger partial charge in [-0.1, -0.05) is 72.8 Å². The molecule has 0 aliphatic heterocycles. The number of alkyl halides is 1. The van der Waals surface area contributed by atoms with Gasteiger partial charge in [-0.25, -0.2) is 0 Å². The largest absolute Gasteiger partial charge is 0.459 e. The zero-order chi connectivity index (χ0) is 19.9. The maximum atomic E-state index is 12.2. The van der Waals surface area contributed by atoms with Gasteiger partial charge in [0, 0.05) is 18.2 Å². The molecule has 0 heterocycles. The van der Waals surface area contributed by atoms with E-state index in [1.54, 1.807) is 12.1 Å². The fourth-order valence-corrected chi connectivity index (χ4v) is 3.01. The van der Waals surface area contributed by atoms with Crippen LogP contribution in [0.1, 0.15) is 23.4 Å². The lowest BCUT2D eigenvalue weighted by Crippen LogP contribution is -2.11. The van der Waals surface area contributed by atoms with Crippen LogP contribution in [-0.4, -0.2) is 11.9 Å². The second-order valence-corrected chi connectivity index (χ2v) is 6.74.